The highest BCUT2D eigenvalue weighted by Gasteiger charge is 2.18. The van der Waals surface area contributed by atoms with Crippen molar-refractivity contribution in [2.45, 2.75) is 26.2 Å². The first kappa shape index (κ1) is 16.6. The number of fused-ring (bicyclic) bond motifs is 1. The summed E-state index contributed by atoms with van der Waals surface area (Å²) >= 11 is 0. The molecule has 3 heterocycles. The van der Waals surface area contributed by atoms with Crippen molar-refractivity contribution >= 4 is 17.5 Å². The molecule has 26 heavy (non-hydrogen) atoms. The van der Waals surface area contributed by atoms with Gasteiger partial charge in [0.1, 0.15) is 0 Å². The van der Waals surface area contributed by atoms with Gasteiger partial charge in [0.2, 0.25) is 18.6 Å². The number of amides is 1. The Morgan fingerprint density at radius 2 is 1.92 bits per heavy atom. The molecule has 0 aliphatic carbocycles. The maximum atomic E-state index is 12.3. The number of hydrogen-bond acceptors (Lipinski definition) is 6. The van der Waals surface area contributed by atoms with Gasteiger partial charge in [-0.25, -0.2) is 9.97 Å². The van der Waals surface area contributed by atoms with Crippen LogP contribution in [0.25, 0.3) is 0 Å². The molecule has 7 nitrogen and oxygen atoms in total. The van der Waals surface area contributed by atoms with E-state index in [0.29, 0.717) is 17.2 Å². The lowest BCUT2D eigenvalue weighted by Crippen LogP contribution is -2.34. The molecule has 4 rings (SSSR count). The molecular weight excluding hydrogens is 332 g/mol. The van der Waals surface area contributed by atoms with Crippen molar-refractivity contribution in [1.29, 1.82) is 0 Å². The van der Waals surface area contributed by atoms with Crippen molar-refractivity contribution in [2.24, 2.45) is 5.92 Å². The highest BCUT2D eigenvalue weighted by atomic mass is 16.7. The predicted octanol–water partition coefficient (Wildman–Crippen LogP) is 2.62. The lowest BCUT2D eigenvalue weighted by Gasteiger charge is -2.30. The van der Waals surface area contributed by atoms with Crippen molar-refractivity contribution in [1.82, 2.24) is 9.97 Å². The maximum Gasteiger partial charge on any atom is 0.231 e. The minimum Gasteiger partial charge on any atom is -0.454 e. The fraction of sp³-hybridized carbons (Fsp3) is 0.421. The third-order valence-corrected chi connectivity index (χ3v) is 4.79. The third-order valence-electron chi connectivity index (χ3n) is 4.79. The van der Waals surface area contributed by atoms with Crippen LogP contribution in [0.4, 0.5) is 11.6 Å². The molecule has 0 radical (unpaired) electrons. The van der Waals surface area contributed by atoms with Crippen molar-refractivity contribution in [2.75, 3.05) is 30.1 Å². The van der Waals surface area contributed by atoms with Gasteiger partial charge in [0, 0.05) is 13.1 Å². The van der Waals surface area contributed by atoms with E-state index in [-0.39, 0.29) is 19.1 Å². The Morgan fingerprint density at radius 3 is 2.69 bits per heavy atom. The smallest absolute Gasteiger partial charge is 0.231 e. The number of ether oxygens (including phenoxy) is 2. The highest BCUT2D eigenvalue weighted by molar-refractivity contribution is 5.92. The molecule has 0 spiro atoms. The van der Waals surface area contributed by atoms with Crippen LogP contribution in [-0.2, 0) is 11.2 Å². The van der Waals surface area contributed by atoms with Gasteiger partial charge in [0.05, 0.1) is 24.5 Å². The molecule has 2 aromatic rings. The summed E-state index contributed by atoms with van der Waals surface area (Å²) in [5, 5.41) is 2.84. The summed E-state index contributed by atoms with van der Waals surface area (Å²) in [5.74, 6) is 2.77. The van der Waals surface area contributed by atoms with E-state index in [1.807, 2.05) is 18.2 Å². The average Bonchev–Trinajstić information content (AvgIpc) is 3.11. The van der Waals surface area contributed by atoms with Crippen LogP contribution in [-0.4, -0.2) is 35.8 Å². The van der Waals surface area contributed by atoms with Gasteiger partial charge in [-0.3, -0.25) is 4.79 Å². The van der Waals surface area contributed by atoms with E-state index < -0.39 is 0 Å². The van der Waals surface area contributed by atoms with E-state index in [1.54, 1.807) is 12.4 Å². The molecule has 136 valence electrons. The zero-order valence-corrected chi connectivity index (χ0v) is 14.8. The molecular formula is C19H22N4O3. The molecule has 0 unspecified atom stereocenters. The number of nitrogens with zero attached hydrogens (tertiary/aromatic N) is 3. The molecule has 1 amide bonds. The van der Waals surface area contributed by atoms with E-state index in [9.17, 15) is 4.79 Å². The van der Waals surface area contributed by atoms with E-state index in [1.165, 1.54) is 0 Å². The summed E-state index contributed by atoms with van der Waals surface area (Å²) in [4.78, 5) is 23.2. The number of benzene rings is 1. The number of rotatable bonds is 4. The van der Waals surface area contributed by atoms with Crippen LogP contribution in [0.3, 0.4) is 0 Å². The van der Waals surface area contributed by atoms with Gasteiger partial charge in [0.15, 0.2) is 11.5 Å². The largest absolute Gasteiger partial charge is 0.454 e. The summed E-state index contributed by atoms with van der Waals surface area (Å²) in [6.45, 7) is 4.47. The summed E-state index contributed by atoms with van der Waals surface area (Å²) < 4.78 is 10.6. The summed E-state index contributed by atoms with van der Waals surface area (Å²) in [6, 6.07) is 5.52. The Bertz CT molecular complexity index is 786. The second kappa shape index (κ2) is 7.19. The summed E-state index contributed by atoms with van der Waals surface area (Å²) in [7, 11) is 0. The van der Waals surface area contributed by atoms with Crippen LogP contribution in [0.5, 0.6) is 11.5 Å². The number of nitrogens with one attached hydrogen (secondary N) is 1. The topological polar surface area (TPSA) is 76.6 Å². The average molecular weight is 354 g/mol. The van der Waals surface area contributed by atoms with E-state index in [2.05, 4.69) is 27.1 Å². The van der Waals surface area contributed by atoms with Crippen molar-refractivity contribution < 1.29 is 14.3 Å². The van der Waals surface area contributed by atoms with Crippen LogP contribution >= 0.6 is 0 Å². The Morgan fingerprint density at radius 1 is 1.19 bits per heavy atom. The Balaban J connectivity index is 1.34. The minimum atomic E-state index is -0.119. The second-order valence-corrected chi connectivity index (χ2v) is 6.85. The Hall–Kier alpha value is -2.83. The normalized spacial score (nSPS) is 16.6. The lowest BCUT2D eigenvalue weighted by atomic mass is 10.00. The molecule has 1 saturated heterocycles. The number of piperidine rings is 1. The Labute approximate surface area is 152 Å². The third kappa shape index (κ3) is 3.71. The zero-order valence-electron chi connectivity index (χ0n) is 14.8. The molecule has 2 aliphatic heterocycles. The summed E-state index contributed by atoms with van der Waals surface area (Å²) in [5.41, 5.74) is 1.47. The first-order valence-corrected chi connectivity index (χ1v) is 8.93. The van der Waals surface area contributed by atoms with Crippen LogP contribution in [0.15, 0.2) is 30.6 Å². The first-order valence-electron chi connectivity index (χ1n) is 8.93. The van der Waals surface area contributed by atoms with Gasteiger partial charge in [-0.2, -0.15) is 0 Å². The van der Waals surface area contributed by atoms with Gasteiger partial charge in [-0.15, -0.1) is 0 Å². The van der Waals surface area contributed by atoms with Gasteiger partial charge >= 0.3 is 0 Å². The molecule has 7 heteroatoms. The second-order valence-electron chi connectivity index (χ2n) is 6.85. The summed E-state index contributed by atoms with van der Waals surface area (Å²) in [6.07, 6.45) is 5.91. The van der Waals surface area contributed by atoms with Gasteiger partial charge in [0.25, 0.3) is 0 Å². The molecule has 0 atom stereocenters. The standard InChI is InChI=1S/C19H22N4O3/c1-13-4-6-23(7-5-13)19-20-10-15(11-21-19)22-18(24)9-14-2-3-16-17(8-14)26-12-25-16/h2-3,8,10-11,13H,4-7,9,12H2,1H3,(H,22,24). The van der Waals surface area contributed by atoms with E-state index in [4.69, 9.17) is 9.47 Å². The fourth-order valence-corrected chi connectivity index (χ4v) is 3.20. The molecule has 0 bridgehead atoms. The predicted molar refractivity (Wildman–Crippen MR) is 97.5 cm³/mol. The highest BCUT2D eigenvalue weighted by Crippen LogP contribution is 2.32. The number of hydrogen-bond donors (Lipinski definition) is 1. The van der Waals surface area contributed by atoms with E-state index in [0.717, 1.165) is 43.4 Å². The van der Waals surface area contributed by atoms with Crippen LogP contribution < -0.4 is 19.7 Å². The first-order chi connectivity index (χ1) is 12.7. The molecule has 0 saturated carbocycles. The maximum absolute atomic E-state index is 12.3. The van der Waals surface area contributed by atoms with Gasteiger partial charge < -0.3 is 19.7 Å². The zero-order chi connectivity index (χ0) is 17.9. The van der Waals surface area contributed by atoms with Crippen LogP contribution in [0, 0.1) is 5.92 Å². The van der Waals surface area contributed by atoms with Crippen molar-refractivity contribution in [3.8, 4) is 11.5 Å². The van der Waals surface area contributed by atoms with Crippen LogP contribution in [0.1, 0.15) is 25.3 Å². The molecule has 2 aliphatic rings. The van der Waals surface area contributed by atoms with Crippen molar-refractivity contribution in [3.05, 3.63) is 36.2 Å². The molecule has 1 aromatic carbocycles. The van der Waals surface area contributed by atoms with Gasteiger partial charge in [-0.1, -0.05) is 13.0 Å². The molecule has 1 N–H and O–H groups in total. The van der Waals surface area contributed by atoms with Crippen LogP contribution in [0.2, 0.25) is 0 Å². The van der Waals surface area contributed by atoms with E-state index >= 15 is 0 Å². The number of aromatic nitrogens is 2. The fourth-order valence-electron chi connectivity index (χ4n) is 3.20. The van der Waals surface area contributed by atoms with Gasteiger partial charge in [-0.05, 0) is 36.5 Å². The lowest BCUT2D eigenvalue weighted by molar-refractivity contribution is -0.115. The minimum absolute atomic E-state index is 0.119. The number of carbonyl (C=O) groups excluding carboxylic acids is 1. The molecule has 1 fully saturated rings. The Kier molecular flexibility index (Phi) is 4.60. The monoisotopic (exact) mass is 354 g/mol. The number of anilines is 2. The molecule has 1 aromatic heterocycles. The number of carbonyl (C=O) groups is 1. The van der Waals surface area contributed by atoms with Crippen molar-refractivity contribution in [3.63, 3.8) is 0 Å². The SMILES string of the molecule is CC1CCN(c2ncc(NC(=O)Cc3ccc4c(c3)OCO4)cn2)CC1. The quantitative estimate of drug-likeness (QED) is 0.910.